The molecule has 0 aromatic heterocycles. The fraction of sp³-hybridized carbons (Fsp3) is 0.655. The summed E-state index contributed by atoms with van der Waals surface area (Å²) < 4.78 is 6.44. The molecule has 0 amide bonds. The molecule has 0 radical (unpaired) electrons. The topological polar surface area (TPSA) is 56.2 Å². The Labute approximate surface area is 205 Å². The fourth-order valence-electron chi connectivity index (χ4n) is 5.70. The van der Waals surface area contributed by atoms with Gasteiger partial charge >= 0.3 is 0 Å². The highest BCUT2D eigenvalue weighted by Crippen LogP contribution is 2.52. The molecule has 0 bridgehead atoms. The van der Waals surface area contributed by atoms with Crippen molar-refractivity contribution in [2.75, 3.05) is 39.8 Å². The molecule has 2 fully saturated rings. The molecule has 4 rings (SSSR count). The molecular formula is C29H42N2O3. The molecule has 1 saturated heterocycles. The molecule has 0 spiro atoms. The third-order valence-corrected chi connectivity index (χ3v) is 7.97. The Morgan fingerprint density at radius 1 is 1.21 bits per heavy atom. The third kappa shape index (κ3) is 5.86. The number of hydrogen-bond acceptors (Lipinski definition) is 5. The van der Waals surface area contributed by atoms with E-state index in [9.17, 15) is 10.2 Å². The first-order valence-electron chi connectivity index (χ1n) is 13.1. The van der Waals surface area contributed by atoms with Crippen molar-refractivity contribution in [1.82, 2.24) is 9.80 Å². The van der Waals surface area contributed by atoms with E-state index in [4.69, 9.17) is 4.74 Å². The van der Waals surface area contributed by atoms with Crippen LogP contribution in [0.3, 0.4) is 0 Å². The predicted molar refractivity (Wildman–Crippen MR) is 137 cm³/mol. The number of para-hydroxylation sites is 1. The molecule has 5 nitrogen and oxygen atoms in total. The van der Waals surface area contributed by atoms with Crippen LogP contribution >= 0.6 is 0 Å². The van der Waals surface area contributed by atoms with E-state index < -0.39 is 12.2 Å². The minimum Gasteiger partial charge on any atom is -0.489 e. The monoisotopic (exact) mass is 466 g/mol. The molecule has 5 heteroatoms. The van der Waals surface area contributed by atoms with Crippen molar-refractivity contribution in [3.63, 3.8) is 0 Å². The van der Waals surface area contributed by atoms with Gasteiger partial charge in [0.25, 0.3) is 0 Å². The number of aliphatic hydroxyl groups excluding tert-OH is 2. The van der Waals surface area contributed by atoms with Crippen LogP contribution in [0.25, 0.3) is 0 Å². The van der Waals surface area contributed by atoms with Crippen molar-refractivity contribution in [1.29, 1.82) is 0 Å². The first-order chi connectivity index (χ1) is 16.5. The molecule has 6 atom stereocenters. The van der Waals surface area contributed by atoms with E-state index in [-0.39, 0.29) is 23.9 Å². The summed E-state index contributed by atoms with van der Waals surface area (Å²) in [5.41, 5.74) is 2.53. The molecule has 34 heavy (non-hydrogen) atoms. The maximum Gasteiger partial charge on any atom is 0.126 e. The highest BCUT2D eigenvalue weighted by Gasteiger charge is 2.48. The summed E-state index contributed by atoms with van der Waals surface area (Å²) in [7, 11) is 2.20. The van der Waals surface area contributed by atoms with Crippen molar-refractivity contribution in [3.8, 4) is 17.6 Å². The number of unbranched alkanes of at least 4 members (excludes halogenated alkanes) is 1. The summed E-state index contributed by atoms with van der Waals surface area (Å²) >= 11 is 0. The van der Waals surface area contributed by atoms with Gasteiger partial charge in [0.15, 0.2) is 0 Å². The zero-order valence-corrected chi connectivity index (χ0v) is 21.1. The second-order valence-electron chi connectivity index (χ2n) is 10.5. The van der Waals surface area contributed by atoms with E-state index in [0.717, 1.165) is 18.6 Å². The Bertz CT molecular complexity index is 896. The third-order valence-electron chi connectivity index (χ3n) is 7.97. The van der Waals surface area contributed by atoms with Crippen molar-refractivity contribution in [2.45, 2.75) is 70.2 Å². The zero-order valence-electron chi connectivity index (χ0n) is 21.1. The SMILES string of the molecule is CC#CC[C@H](C)[C@H](O)C=C[C@@H]1[C@H]2c3cccc(CCCCN4CCN(C)CC4)c3O[C@H]2C[C@H]1O. The van der Waals surface area contributed by atoms with Gasteiger partial charge in [-0.1, -0.05) is 37.3 Å². The fourth-order valence-corrected chi connectivity index (χ4v) is 5.70. The molecule has 186 valence electrons. The number of piperazine rings is 1. The Balaban J connectivity index is 1.36. The Morgan fingerprint density at radius 2 is 2.00 bits per heavy atom. The molecule has 2 heterocycles. The number of rotatable bonds is 9. The van der Waals surface area contributed by atoms with Gasteiger partial charge in [0.1, 0.15) is 11.9 Å². The molecule has 0 unspecified atom stereocenters. The van der Waals surface area contributed by atoms with Crippen LogP contribution in [-0.2, 0) is 6.42 Å². The normalized spacial score (nSPS) is 28.7. The van der Waals surface area contributed by atoms with E-state index in [2.05, 4.69) is 46.9 Å². The van der Waals surface area contributed by atoms with Crippen LogP contribution in [0, 0.1) is 23.7 Å². The molecule has 3 aliphatic rings. The van der Waals surface area contributed by atoms with Gasteiger partial charge in [0.05, 0.1) is 12.2 Å². The van der Waals surface area contributed by atoms with Gasteiger partial charge in [0, 0.05) is 56.4 Å². The van der Waals surface area contributed by atoms with Crippen LogP contribution in [0.1, 0.15) is 56.6 Å². The van der Waals surface area contributed by atoms with Gasteiger partial charge in [0.2, 0.25) is 0 Å². The predicted octanol–water partition coefficient (Wildman–Crippen LogP) is 3.45. The van der Waals surface area contributed by atoms with E-state index in [1.165, 1.54) is 50.3 Å². The molecule has 2 N–H and O–H groups in total. The van der Waals surface area contributed by atoms with Gasteiger partial charge in [-0.15, -0.1) is 11.8 Å². The Morgan fingerprint density at radius 3 is 2.76 bits per heavy atom. The van der Waals surface area contributed by atoms with Crippen LogP contribution < -0.4 is 4.74 Å². The Kier molecular flexibility index (Phi) is 8.71. The lowest BCUT2D eigenvalue weighted by Crippen LogP contribution is -2.44. The summed E-state index contributed by atoms with van der Waals surface area (Å²) in [5, 5.41) is 21.3. The quantitative estimate of drug-likeness (QED) is 0.332. The maximum atomic E-state index is 10.8. The lowest BCUT2D eigenvalue weighted by molar-refractivity contribution is 0.134. The summed E-state index contributed by atoms with van der Waals surface area (Å²) in [4.78, 5) is 4.98. The molecule has 1 saturated carbocycles. The Hall–Kier alpha value is -1.84. The average Bonchev–Trinajstić information content (AvgIpc) is 3.34. The van der Waals surface area contributed by atoms with Crippen molar-refractivity contribution >= 4 is 0 Å². The molecule has 2 aliphatic heterocycles. The number of ether oxygens (including phenoxy) is 1. The van der Waals surface area contributed by atoms with Gasteiger partial charge in [-0.25, -0.2) is 0 Å². The molecular weight excluding hydrogens is 424 g/mol. The van der Waals surface area contributed by atoms with E-state index in [1.807, 2.05) is 26.0 Å². The second-order valence-corrected chi connectivity index (χ2v) is 10.5. The summed E-state index contributed by atoms with van der Waals surface area (Å²) in [6.07, 6.45) is 7.64. The number of aryl methyl sites for hydroxylation is 1. The van der Waals surface area contributed by atoms with Gasteiger partial charge in [-0.05, 0) is 51.3 Å². The van der Waals surface area contributed by atoms with Crippen LogP contribution in [0.4, 0.5) is 0 Å². The minimum atomic E-state index is -0.555. The van der Waals surface area contributed by atoms with Crippen molar-refractivity contribution in [3.05, 3.63) is 41.5 Å². The summed E-state index contributed by atoms with van der Waals surface area (Å²) in [6, 6.07) is 6.52. The van der Waals surface area contributed by atoms with Crippen LogP contribution in [0.15, 0.2) is 30.4 Å². The average molecular weight is 467 g/mol. The number of likely N-dealkylation sites (N-methyl/N-ethyl adjacent to an activating group) is 1. The number of fused-ring (bicyclic) bond motifs is 3. The highest BCUT2D eigenvalue weighted by atomic mass is 16.5. The lowest BCUT2D eigenvalue weighted by atomic mass is 9.86. The second kappa shape index (κ2) is 11.7. The zero-order chi connectivity index (χ0) is 24.1. The molecule has 1 aromatic carbocycles. The molecule has 1 aliphatic carbocycles. The minimum absolute atomic E-state index is 0.0201. The van der Waals surface area contributed by atoms with Gasteiger partial charge in [-0.3, -0.25) is 0 Å². The van der Waals surface area contributed by atoms with Crippen molar-refractivity contribution in [2.24, 2.45) is 11.8 Å². The van der Waals surface area contributed by atoms with E-state index in [0.29, 0.717) is 12.8 Å². The lowest BCUT2D eigenvalue weighted by Gasteiger charge is -2.32. The van der Waals surface area contributed by atoms with Crippen LogP contribution in [-0.4, -0.2) is 78.1 Å². The van der Waals surface area contributed by atoms with E-state index in [1.54, 1.807) is 0 Å². The number of aliphatic hydroxyl groups is 2. The van der Waals surface area contributed by atoms with Crippen molar-refractivity contribution < 1.29 is 14.9 Å². The number of nitrogens with zero attached hydrogens (tertiary/aromatic N) is 2. The maximum absolute atomic E-state index is 10.8. The highest BCUT2D eigenvalue weighted by molar-refractivity contribution is 5.49. The molecule has 1 aromatic rings. The first-order valence-corrected chi connectivity index (χ1v) is 13.1. The summed E-state index contributed by atoms with van der Waals surface area (Å²) in [5.74, 6) is 7.19. The van der Waals surface area contributed by atoms with Crippen LogP contribution in [0.2, 0.25) is 0 Å². The van der Waals surface area contributed by atoms with Gasteiger partial charge < -0.3 is 24.7 Å². The largest absolute Gasteiger partial charge is 0.489 e. The van der Waals surface area contributed by atoms with E-state index >= 15 is 0 Å². The first kappa shape index (κ1) is 25.3. The number of benzene rings is 1. The van der Waals surface area contributed by atoms with Gasteiger partial charge in [-0.2, -0.15) is 0 Å². The smallest absolute Gasteiger partial charge is 0.126 e. The number of hydrogen-bond donors (Lipinski definition) is 2. The summed E-state index contributed by atoms with van der Waals surface area (Å²) in [6.45, 7) is 9.72. The van der Waals surface area contributed by atoms with Crippen LogP contribution in [0.5, 0.6) is 5.75 Å². The standard InChI is InChI=1S/C29H42N2O3/c1-4-5-9-21(2)25(32)14-13-23-26(33)20-27-28(23)24-12-8-11-22(29(24)34-27)10-6-7-15-31-18-16-30(3)17-19-31/h8,11-14,21,23,25-28,32-33H,6-7,9-10,15-20H2,1-3H3/t21-,23-,25+,26+,27-,28-/m0/s1.